The average molecular weight is 304 g/mol. The van der Waals surface area contributed by atoms with Gasteiger partial charge < -0.3 is 9.47 Å². The zero-order chi connectivity index (χ0) is 16.0. The van der Waals surface area contributed by atoms with E-state index in [1.807, 2.05) is 6.08 Å². The van der Waals surface area contributed by atoms with Gasteiger partial charge in [0.1, 0.15) is 0 Å². The van der Waals surface area contributed by atoms with Crippen molar-refractivity contribution in [1.29, 1.82) is 0 Å². The number of allylic oxidation sites excluding steroid dienone is 3. The molecule has 1 saturated heterocycles. The summed E-state index contributed by atoms with van der Waals surface area (Å²) in [6.45, 7) is 6.95. The molecule has 0 aromatic heterocycles. The van der Waals surface area contributed by atoms with Gasteiger partial charge >= 0.3 is 5.97 Å². The summed E-state index contributed by atoms with van der Waals surface area (Å²) in [4.78, 5) is 11.2. The van der Waals surface area contributed by atoms with Crippen LogP contribution in [0.3, 0.4) is 0 Å². The van der Waals surface area contributed by atoms with Crippen molar-refractivity contribution in [2.45, 2.75) is 64.6 Å². The Bertz CT molecular complexity index is 521. The summed E-state index contributed by atoms with van der Waals surface area (Å²) >= 11 is 0. The molecule has 2 saturated carbocycles. The molecule has 22 heavy (non-hydrogen) atoms. The summed E-state index contributed by atoms with van der Waals surface area (Å²) in [6, 6.07) is 0. The lowest BCUT2D eigenvalue weighted by atomic mass is 9.72. The van der Waals surface area contributed by atoms with E-state index in [9.17, 15) is 4.79 Å². The van der Waals surface area contributed by atoms with Crippen LogP contribution in [-0.2, 0) is 14.3 Å². The van der Waals surface area contributed by atoms with Crippen molar-refractivity contribution in [3.63, 3.8) is 0 Å². The Morgan fingerprint density at radius 3 is 2.77 bits per heavy atom. The lowest BCUT2D eigenvalue weighted by Crippen LogP contribution is -2.26. The van der Waals surface area contributed by atoms with Crippen molar-refractivity contribution in [2.24, 2.45) is 17.3 Å². The molecule has 0 radical (unpaired) electrons. The minimum absolute atomic E-state index is 0.167. The van der Waals surface area contributed by atoms with E-state index in [0.29, 0.717) is 17.4 Å². The van der Waals surface area contributed by atoms with Crippen LogP contribution in [-0.4, -0.2) is 24.8 Å². The summed E-state index contributed by atoms with van der Waals surface area (Å²) in [5, 5.41) is 0. The second-order valence-corrected chi connectivity index (χ2v) is 7.86. The second kappa shape index (κ2) is 5.52. The molecule has 122 valence electrons. The number of carbonyl (C=O) groups excluding carboxylic acids is 1. The number of hydrogen-bond donors (Lipinski definition) is 0. The highest BCUT2D eigenvalue weighted by atomic mass is 16.6. The Morgan fingerprint density at radius 1 is 1.27 bits per heavy atom. The molecule has 3 fully saturated rings. The molecule has 1 heterocycles. The van der Waals surface area contributed by atoms with Crippen molar-refractivity contribution in [3.05, 3.63) is 23.8 Å². The normalized spacial score (nSPS) is 44.4. The molecule has 0 amide bonds. The number of hydrogen-bond acceptors (Lipinski definition) is 3. The van der Waals surface area contributed by atoms with E-state index in [0.717, 1.165) is 5.92 Å². The molecule has 0 aromatic carbocycles. The molecule has 3 heteroatoms. The van der Waals surface area contributed by atoms with Crippen molar-refractivity contribution in [1.82, 2.24) is 0 Å². The third-order valence-electron chi connectivity index (χ3n) is 6.42. The number of epoxide rings is 1. The van der Waals surface area contributed by atoms with E-state index in [1.54, 1.807) is 0 Å². The Balaban J connectivity index is 1.72. The van der Waals surface area contributed by atoms with Crippen molar-refractivity contribution in [2.75, 3.05) is 7.11 Å². The van der Waals surface area contributed by atoms with Gasteiger partial charge in [0.05, 0.1) is 18.8 Å². The van der Waals surface area contributed by atoms with Gasteiger partial charge in [-0.05, 0) is 63.2 Å². The number of rotatable bonds is 3. The molecule has 2 aliphatic carbocycles. The fourth-order valence-electron chi connectivity index (χ4n) is 4.81. The van der Waals surface area contributed by atoms with E-state index in [1.165, 1.54) is 50.9 Å². The van der Waals surface area contributed by atoms with Crippen LogP contribution in [0, 0.1) is 17.3 Å². The summed E-state index contributed by atoms with van der Waals surface area (Å²) in [6.07, 6.45) is 12.1. The summed E-state index contributed by atoms with van der Waals surface area (Å²) in [5.41, 5.74) is 1.99. The SMILES string of the molecule is COC(=O)/C=C/C=C(/C)[C@H]1CC[C@@]2(C)C[C@H]3O[C@@]3(C)CC[C@H]12. The van der Waals surface area contributed by atoms with Crippen LogP contribution in [0.15, 0.2) is 23.8 Å². The van der Waals surface area contributed by atoms with E-state index < -0.39 is 0 Å². The highest BCUT2D eigenvalue weighted by Crippen LogP contribution is 2.61. The van der Waals surface area contributed by atoms with Gasteiger partial charge in [-0.1, -0.05) is 24.6 Å². The lowest BCUT2D eigenvalue weighted by molar-refractivity contribution is -0.134. The van der Waals surface area contributed by atoms with Crippen LogP contribution in [0.4, 0.5) is 0 Å². The fraction of sp³-hybridized carbons (Fsp3) is 0.737. The smallest absolute Gasteiger partial charge is 0.330 e. The number of ether oxygens (including phenoxy) is 2. The Hall–Kier alpha value is -1.09. The molecule has 3 nitrogen and oxygen atoms in total. The zero-order valence-corrected chi connectivity index (χ0v) is 14.2. The summed E-state index contributed by atoms with van der Waals surface area (Å²) in [7, 11) is 1.41. The van der Waals surface area contributed by atoms with Gasteiger partial charge in [-0.3, -0.25) is 0 Å². The maximum atomic E-state index is 11.2. The average Bonchev–Trinajstić information content (AvgIpc) is 3.00. The van der Waals surface area contributed by atoms with Crippen LogP contribution in [0.5, 0.6) is 0 Å². The van der Waals surface area contributed by atoms with Crippen LogP contribution < -0.4 is 0 Å². The first-order chi connectivity index (χ1) is 10.4. The Kier molecular flexibility index (Phi) is 3.96. The van der Waals surface area contributed by atoms with Crippen molar-refractivity contribution in [3.8, 4) is 0 Å². The van der Waals surface area contributed by atoms with Gasteiger partial charge in [0.2, 0.25) is 0 Å². The van der Waals surface area contributed by atoms with Gasteiger partial charge in [-0.15, -0.1) is 0 Å². The minimum Gasteiger partial charge on any atom is -0.466 e. The monoisotopic (exact) mass is 304 g/mol. The van der Waals surface area contributed by atoms with Gasteiger partial charge in [0, 0.05) is 6.08 Å². The third-order valence-corrected chi connectivity index (χ3v) is 6.42. The molecule has 0 aromatic rings. The van der Waals surface area contributed by atoms with E-state index in [4.69, 9.17) is 4.74 Å². The number of methoxy groups -OCH3 is 1. The number of fused-ring (bicyclic) bond motifs is 2. The van der Waals surface area contributed by atoms with E-state index >= 15 is 0 Å². The fourth-order valence-corrected chi connectivity index (χ4v) is 4.81. The molecule has 0 unspecified atom stereocenters. The maximum absolute atomic E-state index is 11.2. The van der Waals surface area contributed by atoms with Crippen LogP contribution in [0.2, 0.25) is 0 Å². The molecule has 3 rings (SSSR count). The molecule has 1 aliphatic heterocycles. The quantitative estimate of drug-likeness (QED) is 0.342. The van der Waals surface area contributed by atoms with Gasteiger partial charge in [0.15, 0.2) is 0 Å². The molecule has 0 spiro atoms. The first-order valence-electron chi connectivity index (χ1n) is 8.49. The Morgan fingerprint density at radius 2 is 2.05 bits per heavy atom. The summed E-state index contributed by atoms with van der Waals surface area (Å²) < 4.78 is 10.6. The van der Waals surface area contributed by atoms with Gasteiger partial charge in [0.25, 0.3) is 0 Å². The number of carbonyl (C=O) groups is 1. The maximum Gasteiger partial charge on any atom is 0.330 e. The third kappa shape index (κ3) is 2.76. The zero-order valence-electron chi connectivity index (χ0n) is 14.2. The molecular weight excluding hydrogens is 276 g/mol. The van der Waals surface area contributed by atoms with Crippen LogP contribution in [0.1, 0.15) is 52.9 Å². The van der Waals surface area contributed by atoms with E-state index in [-0.39, 0.29) is 11.6 Å². The molecule has 5 atom stereocenters. The largest absolute Gasteiger partial charge is 0.466 e. The first kappa shape index (κ1) is 15.8. The predicted molar refractivity (Wildman–Crippen MR) is 86.4 cm³/mol. The van der Waals surface area contributed by atoms with Gasteiger partial charge in [-0.2, -0.15) is 0 Å². The molecule has 0 bridgehead atoms. The molecular formula is C19H28O3. The second-order valence-electron chi connectivity index (χ2n) is 7.86. The highest BCUT2D eigenvalue weighted by molar-refractivity contribution is 5.82. The standard InChI is InChI=1S/C19H28O3/c1-13(6-5-7-17(20)21-4)14-8-10-18(2)12-16-19(3,22-16)11-9-15(14)18/h5-7,14-16H,8-12H2,1-4H3/b7-5+,13-6-/t14-,15-,16-,18+,19+/m1/s1. The summed E-state index contributed by atoms with van der Waals surface area (Å²) in [5.74, 6) is 1.11. The Labute approximate surface area is 133 Å². The topological polar surface area (TPSA) is 38.8 Å². The van der Waals surface area contributed by atoms with Crippen LogP contribution in [0.25, 0.3) is 0 Å². The van der Waals surface area contributed by atoms with Crippen molar-refractivity contribution < 1.29 is 14.3 Å². The predicted octanol–water partition coefficient (Wildman–Crippen LogP) is 4.04. The highest BCUT2D eigenvalue weighted by Gasteiger charge is 2.60. The lowest BCUT2D eigenvalue weighted by Gasteiger charge is -2.33. The molecule has 3 aliphatic rings. The van der Waals surface area contributed by atoms with E-state index in [2.05, 4.69) is 31.6 Å². The van der Waals surface area contributed by atoms with Crippen molar-refractivity contribution >= 4 is 5.97 Å². The van der Waals surface area contributed by atoms with Gasteiger partial charge in [-0.25, -0.2) is 4.79 Å². The number of esters is 1. The minimum atomic E-state index is -0.292. The molecule has 0 N–H and O–H groups in total. The first-order valence-corrected chi connectivity index (χ1v) is 8.49. The van der Waals surface area contributed by atoms with Crippen LogP contribution >= 0.6 is 0 Å².